The Balaban J connectivity index is 2.81. The van der Waals surface area contributed by atoms with Crippen molar-refractivity contribution in [2.24, 2.45) is 5.14 Å². The van der Waals surface area contributed by atoms with Crippen molar-refractivity contribution >= 4 is 27.5 Å². The zero-order valence-corrected chi connectivity index (χ0v) is 10.6. The van der Waals surface area contributed by atoms with Gasteiger partial charge in [0.1, 0.15) is 6.07 Å². The Bertz CT molecular complexity index is 608. The Morgan fingerprint density at radius 3 is 2.72 bits per heavy atom. The van der Waals surface area contributed by atoms with Crippen molar-refractivity contribution in [2.75, 3.05) is 11.5 Å². The topological polar surface area (TPSA) is 140 Å². The van der Waals surface area contributed by atoms with E-state index in [1.807, 2.05) is 0 Å². The first-order valence-electron chi connectivity index (χ1n) is 4.52. The molecule has 0 atom stereocenters. The van der Waals surface area contributed by atoms with E-state index in [1.54, 1.807) is 6.07 Å². The van der Waals surface area contributed by atoms with Crippen LogP contribution in [0.15, 0.2) is 17.2 Å². The zero-order chi connectivity index (χ0) is 13.8. The molecule has 10 heteroatoms. The number of pyridine rings is 1. The maximum absolute atomic E-state index is 10.7. The van der Waals surface area contributed by atoms with E-state index in [1.165, 1.54) is 6.07 Å². The molecule has 0 aliphatic carbocycles. The molecule has 8 nitrogen and oxygen atoms in total. The van der Waals surface area contributed by atoms with Gasteiger partial charge in [-0.3, -0.25) is 10.1 Å². The lowest BCUT2D eigenvalue weighted by molar-refractivity contribution is -0.385. The van der Waals surface area contributed by atoms with E-state index in [9.17, 15) is 18.5 Å². The van der Waals surface area contributed by atoms with Gasteiger partial charge >= 0.3 is 5.69 Å². The first-order valence-corrected chi connectivity index (χ1v) is 7.22. The van der Waals surface area contributed by atoms with Crippen LogP contribution >= 0.6 is 11.8 Å². The average molecular weight is 288 g/mol. The summed E-state index contributed by atoms with van der Waals surface area (Å²) in [6, 6.07) is 4.13. The van der Waals surface area contributed by atoms with Crippen LogP contribution in [-0.4, -0.2) is 29.8 Å². The Hall–Kier alpha value is -1.70. The number of nitriles is 1. The van der Waals surface area contributed by atoms with Crippen LogP contribution in [0.5, 0.6) is 0 Å². The van der Waals surface area contributed by atoms with Gasteiger partial charge in [-0.2, -0.15) is 5.26 Å². The summed E-state index contributed by atoms with van der Waals surface area (Å²) >= 11 is 1.05. The largest absolute Gasteiger partial charge is 0.305 e. The van der Waals surface area contributed by atoms with E-state index >= 15 is 0 Å². The minimum atomic E-state index is -3.55. The molecule has 0 unspecified atom stereocenters. The number of nitrogens with zero attached hydrogens (tertiary/aromatic N) is 3. The highest BCUT2D eigenvalue weighted by Gasteiger charge is 2.15. The number of nitro groups is 1. The molecule has 0 radical (unpaired) electrons. The lowest BCUT2D eigenvalue weighted by Gasteiger charge is -2.00. The molecule has 0 saturated carbocycles. The van der Waals surface area contributed by atoms with Gasteiger partial charge in [0.15, 0.2) is 0 Å². The Morgan fingerprint density at radius 1 is 1.56 bits per heavy atom. The molecule has 1 aromatic heterocycles. The standard InChI is InChI=1S/C8H8N4O4S2/c9-5-6-7(12(13)14)1-2-8(11-6)17-3-4-18(10,15)16/h1-2H,3-4H2,(H2,10,15,16). The van der Waals surface area contributed by atoms with Crippen molar-refractivity contribution < 1.29 is 13.3 Å². The summed E-state index contributed by atoms with van der Waals surface area (Å²) in [4.78, 5) is 13.6. The third kappa shape index (κ3) is 4.28. The van der Waals surface area contributed by atoms with Gasteiger partial charge in [-0.05, 0) is 6.07 Å². The molecule has 0 amide bonds. The van der Waals surface area contributed by atoms with Crippen molar-refractivity contribution in [3.05, 3.63) is 27.9 Å². The van der Waals surface area contributed by atoms with Crippen molar-refractivity contribution in [2.45, 2.75) is 5.03 Å². The first-order chi connectivity index (χ1) is 8.33. The molecule has 18 heavy (non-hydrogen) atoms. The highest BCUT2D eigenvalue weighted by molar-refractivity contribution is 8.00. The van der Waals surface area contributed by atoms with Gasteiger partial charge in [0.05, 0.1) is 15.7 Å². The molecule has 1 rings (SSSR count). The molecule has 0 aromatic carbocycles. The van der Waals surface area contributed by atoms with Gasteiger partial charge < -0.3 is 0 Å². The monoisotopic (exact) mass is 288 g/mol. The van der Waals surface area contributed by atoms with E-state index in [2.05, 4.69) is 4.98 Å². The summed E-state index contributed by atoms with van der Waals surface area (Å²) in [6.45, 7) is 0. The van der Waals surface area contributed by atoms with Gasteiger partial charge in [0, 0.05) is 11.8 Å². The number of hydrogen-bond acceptors (Lipinski definition) is 7. The van der Waals surface area contributed by atoms with Crippen LogP contribution in [0.3, 0.4) is 0 Å². The van der Waals surface area contributed by atoms with Crippen LogP contribution in [0.1, 0.15) is 5.69 Å². The number of thioether (sulfide) groups is 1. The minimum Gasteiger partial charge on any atom is -0.258 e. The second-order valence-corrected chi connectivity index (χ2v) is 5.95. The van der Waals surface area contributed by atoms with Gasteiger partial charge in [-0.25, -0.2) is 18.5 Å². The van der Waals surface area contributed by atoms with Crippen LogP contribution in [0.25, 0.3) is 0 Å². The summed E-state index contributed by atoms with van der Waals surface area (Å²) in [5.74, 6) is -0.0767. The average Bonchev–Trinajstić information content (AvgIpc) is 2.26. The van der Waals surface area contributed by atoms with E-state index in [-0.39, 0.29) is 22.9 Å². The number of hydrogen-bond donors (Lipinski definition) is 1. The summed E-state index contributed by atoms with van der Waals surface area (Å²) in [5, 5.41) is 24.4. The van der Waals surface area contributed by atoms with E-state index < -0.39 is 14.9 Å². The molecule has 1 heterocycles. The predicted octanol–water partition coefficient (Wildman–Crippen LogP) is 0.242. The van der Waals surface area contributed by atoms with Crippen LogP contribution in [0.2, 0.25) is 0 Å². The van der Waals surface area contributed by atoms with Crippen LogP contribution in [-0.2, 0) is 10.0 Å². The SMILES string of the molecule is N#Cc1nc(SCCS(N)(=O)=O)ccc1[N+](=O)[O-]. The summed E-state index contributed by atoms with van der Waals surface area (Å²) < 4.78 is 21.4. The van der Waals surface area contributed by atoms with Crippen molar-refractivity contribution in [3.8, 4) is 6.07 Å². The molecular weight excluding hydrogens is 280 g/mol. The second-order valence-electron chi connectivity index (χ2n) is 3.10. The predicted molar refractivity (Wildman–Crippen MR) is 64.3 cm³/mol. The lowest BCUT2D eigenvalue weighted by Crippen LogP contribution is -2.17. The quantitative estimate of drug-likeness (QED) is 0.465. The summed E-state index contributed by atoms with van der Waals surface area (Å²) in [7, 11) is -3.55. The van der Waals surface area contributed by atoms with Gasteiger partial charge in [-0.15, -0.1) is 11.8 Å². The van der Waals surface area contributed by atoms with Gasteiger partial charge in [-0.1, -0.05) is 0 Å². The number of primary sulfonamides is 1. The molecule has 96 valence electrons. The Labute approximate surface area is 107 Å². The first kappa shape index (κ1) is 14.4. The van der Waals surface area contributed by atoms with Gasteiger partial charge in [0.25, 0.3) is 0 Å². The molecule has 0 saturated heterocycles. The molecule has 0 aliphatic rings. The van der Waals surface area contributed by atoms with Crippen molar-refractivity contribution in [1.82, 2.24) is 4.98 Å². The maximum Gasteiger partial charge on any atom is 0.305 e. The van der Waals surface area contributed by atoms with Crippen molar-refractivity contribution in [3.63, 3.8) is 0 Å². The molecule has 0 spiro atoms. The number of rotatable bonds is 5. The van der Waals surface area contributed by atoms with E-state index in [0.29, 0.717) is 5.03 Å². The zero-order valence-electron chi connectivity index (χ0n) is 8.94. The molecule has 0 bridgehead atoms. The minimum absolute atomic E-state index is 0.161. The molecular formula is C8H8N4O4S2. The smallest absolute Gasteiger partial charge is 0.258 e. The number of aromatic nitrogens is 1. The fourth-order valence-corrected chi connectivity index (χ4v) is 2.80. The lowest BCUT2D eigenvalue weighted by atomic mass is 10.3. The third-order valence-electron chi connectivity index (χ3n) is 1.77. The molecule has 2 N–H and O–H groups in total. The number of sulfonamides is 1. The Kier molecular flexibility index (Phi) is 4.60. The van der Waals surface area contributed by atoms with Gasteiger partial charge in [0.2, 0.25) is 15.7 Å². The van der Waals surface area contributed by atoms with Crippen LogP contribution < -0.4 is 5.14 Å². The highest BCUT2D eigenvalue weighted by Crippen LogP contribution is 2.21. The third-order valence-corrected chi connectivity index (χ3v) is 3.73. The van der Waals surface area contributed by atoms with E-state index in [0.717, 1.165) is 17.8 Å². The second kappa shape index (κ2) is 5.76. The summed E-state index contributed by atoms with van der Waals surface area (Å²) in [6.07, 6.45) is 0. The summed E-state index contributed by atoms with van der Waals surface area (Å²) in [5.41, 5.74) is -0.686. The number of nitrogens with two attached hydrogens (primary N) is 1. The molecule has 0 aliphatic heterocycles. The maximum atomic E-state index is 10.7. The van der Waals surface area contributed by atoms with Crippen LogP contribution in [0.4, 0.5) is 5.69 Å². The van der Waals surface area contributed by atoms with Crippen LogP contribution in [0, 0.1) is 21.4 Å². The van der Waals surface area contributed by atoms with Crippen molar-refractivity contribution in [1.29, 1.82) is 5.26 Å². The fraction of sp³-hybridized carbons (Fsp3) is 0.250. The highest BCUT2D eigenvalue weighted by atomic mass is 32.2. The fourth-order valence-electron chi connectivity index (χ4n) is 1.01. The van der Waals surface area contributed by atoms with E-state index in [4.69, 9.17) is 10.4 Å². The Morgan fingerprint density at radius 2 is 2.22 bits per heavy atom. The molecule has 1 aromatic rings. The molecule has 0 fully saturated rings. The normalized spacial score (nSPS) is 10.9.